The van der Waals surface area contributed by atoms with Crippen LogP contribution in [0.1, 0.15) is 24.9 Å². The van der Waals surface area contributed by atoms with Gasteiger partial charge in [0.25, 0.3) is 0 Å². The van der Waals surface area contributed by atoms with E-state index in [1.54, 1.807) is 6.07 Å². The van der Waals surface area contributed by atoms with Crippen LogP contribution < -0.4 is 5.32 Å². The van der Waals surface area contributed by atoms with E-state index in [1.807, 2.05) is 23.9 Å². The highest BCUT2D eigenvalue weighted by Crippen LogP contribution is 2.07. The maximum Gasteiger partial charge on any atom is 0.203 e. The average Bonchev–Trinajstić information content (AvgIpc) is 2.71. The molecule has 1 unspecified atom stereocenters. The van der Waals surface area contributed by atoms with Gasteiger partial charge >= 0.3 is 0 Å². The summed E-state index contributed by atoms with van der Waals surface area (Å²) >= 11 is 1.85. The van der Waals surface area contributed by atoms with Gasteiger partial charge in [0.1, 0.15) is 11.8 Å². The maximum atomic E-state index is 8.58. The van der Waals surface area contributed by atoms with Crippen LogP contribution in [0.5, 0.6) is 0 Å². The molecule has 0 amide bonds. The molecule has 0 aliphatic rings. The maximum absolute atomic E-state index is 8.58. The summed E-state index contributed by atoms with van der Waals surface area (Å²) in [6, 6.07) is 5.99. The van der Waals surface area contributed by atoms with Crippen molar-refractivity contribution in [3.63, 3.8) is 0 Å². The Morgan fingerprint density at radius 2 is 2.40 bits per heavy atom. The van der Waals surface area contributed by atoms with Crippen LogP contribution in [0, 0.1) is 11.3 Å². The Morgan fingerprint density at radius 3 is 3.00 bits per heavy atom. The summed E-state index contributed by atoms with van der Waals surface area (Å²) in [4.78, 5) is 0. The number of furan rings is 1. The molecule has 0 bridgehead atoms. The summed E-state index contributed by atoms with van der Waals surface area (Å²) in [5, 5.41) is 11.9. The molecule has 0 saturated carbocycles. The van der Waals surface area contributed by atoms with Gasteiger partial charge in [0.15, 0.2) is 0 Å². The minimum absolute atomic E-state index is 0.378. The SMILES string of the molecule is CSCCC(C)NCc1ccc(C#N)o1. The highest BCUT2D eigenvalue weighted by Gasteiger charge is 2.04. The largest absolute Gasteiger partial charge is 0.449 e. The van der Waals surface area contributed by atoms with E-state index in [0.29, 0.717) is 18.3 Å². The summed E-state index contributed by atoms with van der Waals surface area (Å²) in [7, 11) is 0. The van der Waals surface area contributed by atoms with Gasteiger partial charge in [-0.15, -0.1) is 0 Å². The van der Waals surface area contributed by atoms with Crippen molar-refractivity contribution in [2.45, 2.75) is 25.9 Å². The zero-order valence-corrected chi connectivity index (χ0v) is 9.93. The molecule has 0 fully saturated rings. The zero-order chi connectivity index (χ0) is 11.1. The highest BCUT2D eigenvalue weighted by molar-refractivity contribution is 7.98. The van der Waals surface area contributed by atoms with E-state index < -0.39 is 0 Å². The zero-order valence-electron chi connectivity index (χ0n) is 9.12. The lowest BCUT2D eigenvalue weighted by Crippen LogP contribution is -2.25. The van der Waals surface area contributed by atoms with Gasteiger partial charge in [0.05, 0.1) is 6.54 Å². The topological polar surface area (TPSA) is 49.0 Å². The minimum atomic E-state index is 0.378. The molecule has 1 aromatic heterocycles. The standard InChI is InChI=1S/C11H16N2OS/c1-9(5-6-15-2)13-8-11-4-3-10(7-12)14-11/h3-4,9,13H,5-6,8H2,1-2H3. The second-order valence-corrected chi connectivity index (χ2v) is 4.43. The fourth-order valence-corrected chi connectivity index (χ4v) is 1.79. The molecule has 0 aliphatic heterocycles. The molecule has 82 valence electrons. The van der Waals surface area contributed by atoms with Crippen molar-refractivity contribution >= 4 is 11.8 Å². The van der Waals surface area contributed by atoms with Crippen LogP contribution in [-0.2, 0) is 6.54 Å². The normalized spacial score (nSPS) is 12.3. The lowest BCUT2D eigenvalue weighted by Gasteiger charge is -2.11. The van der Waals surface area contributed by atoms with Crippen LogP contribution in [0.3, 0.4) is 0 Å². The molecule has 0 aliphatic carbocycles. The first-order chi connectivity index (χ1) is 7.26. The molecule has 1 N–H and O–H groups in total. The molecule has 0 saturated heterocycles. The van der Waals surface area contributed by atoms with Crippen molar-refractivity contribution in [1.82, 2.24) is 5.32 Å². The number of rotatable bonds is 6. The second-order valence-electron chi connectivity index (χ2n) is 3.44. The minimum Gasteiger partial charge on any atom is -0.449 e. The molecule has 4 heteroatoms. The van der Waals surface area contributed by atoms with E-state index in [2.05, 4.69) is 18.5 Å². The summed E-state index contributed by atoms with van der Waals surface area (Å²) in [5.74, 6) is 2.36. The summed E-state index contributed by atoms with van der Waals surface area (Å²) in [6.45, 7) is 2.85. The Morgan fingerprint density at radius 1 is 1.60 bits per heavy atom. The van der Waals surface area contributed by atoms with Crippen LogP contribution in [0.4, 0.5) is 0 Å². The predicted molar refractivity (Wildman–Crippen MR) is 62.7 cm³/mol. The molecule has 0 radical (unpaired) electrons. The Kier molecular flexibility index (Phi) is 5.30. The first-order valence-electron chi connectivity index (χ1n) is 4.97. The van der Waals surface area contributed by atoms with Crippen molar-refractivity contribution < 1.29 is 4.42 Å². The van der Waals surface area contributed by atoms with Gasteiger partial charge in [-0.25, -0.2) is 0 Å². The third-order valence-corrected chi connectivity index (χ3v) is 2.80. The van der Waals surface area contributed by atoms with E-state index in [-0.39, 0.29) is 0 Å². The van der Waals surface area contributed by atoms with E-state index in [9.17, 15) is 0 Å². The first-order valence-corrected chi connectivity index (χ1v) is 6.36. The average molecular weight is 224 g/mol. The second kappa shape index (κ2) is 6.54. The van der Waals surface area contributed by atoms with E-state index in [4.69, 9.17) is 9.68 Å². The van der Waals surface area contributed by atoms with Crippen molar-refractivity contribution in [2.75, 3.05) is 12.0 Å². The van der Waals surface area contributed by atoms with Gasteiger partial charge in [0.2, 0.25) is 5.76 Å². The number of nitrogens with one attached hydrogen (secondary N) is 1. The molecule has 1 rings (SSSR count). The van der Waals surface area contributed by atoms with Crippen molar-refractivity contribution in [3.8, 4) is 6.07 Å². The first kappa shape index (κ1) is 12.2. The van der Waals surface area contributed by atoms with E-state index >= 15 is 0 Å². The summed E-state index contributed by atoms with van der Waals surface area (Å²) < 4.78 is 5.26. The lowest BCUT2D eigenvalue weighted by molar-refractivity contribution is 0.445. The Hall–Kier alpha value is -0.920. The molecule has 0 aromatic carbocycles. The quantitative estimate of drug-likeness (QED) is 0.806. The molecule has 15 heavy (non-hydrogen) atoms. The summed E-state index contributed by atoms with van der Waals surface area (Å²) in [6.07, 6.45) is 3.26. The summed E-state index contributed by atoms with van der Waals surface area (Å²) in [5.41, 5.74) is 0. The highest BCUT2D eigenvalue weighted by atomic mass is 32.2. The molecule has 0 spiro atoms. The molecule has 1 aromatic rings. The smallest absolute Gasteiger partial charge is 0.203 e. The number of hydrogen-bond donors (Lipinski definition) is 1. The third kappa shape index (κ3) is 4.41. The van der Waals surface area contributed by atoms with Gasteiger partial charge < -0.3 is 9.73 Å². The van der Waals surface area contributed by atoms with Gasteiger partial charge in [0, 0.05) is 6.04 Å². The van der Waals surface area contributed by atoms with Crippen LogP contribution in [0.15, 0.2) is 16.5 Å². The molecular formula is C11H16N2OS. The molecule has 1 heterocycles. The third-order valence-electron chi connectivity index (χ3n) is 2.15. The van der Waals surface area contributed by atoms with Gasteiger partial charge in [-0.2, -0.15) is 17.0 Å². The molecule has 1 atom stereocenters. The number of nitriles is 1. The van der Waals surface area contributed by atoms with Crippen molar-refractivity contribution in [1.29, 1.82) is 5.26 Å². The van der Waals surface area contributed by atoms with Gasteiger partial charge in [-0.3, -0.25) is 0 Å². The number of hydrogen-bond acceptors (Lipinski definition) is 4. The van der Waals surface area contributed by atoms with Crippen LogP contribution in [0.25, 0.3) is 0 Å². The Bertz CT molecular complexity index is 330. The Labute approximate surface area is 94.8 Å². The fourth-order valence-electron chi connectivity index (χ4n) is 1.20. The van der Waals surface area contributed by atoms with E-state index in [1.165, 1.54) is 0 Å². The monoisotopic (exact) mass is 224 g/mol. The molecular weight excluding hydrogens is 208 g/mol. The van der Waals surface area contributed by atoms with Gasteiger partial charge in [-0.05, 0) is 37.5 Å². The fraction of sp³-hybridized carbons (Fsp3) is 0.545. The molecule has 3 nitrogen and oxygen atoms in total. The van der Waals surface area contributed by atoms with Crippen LogP contribution in [0.2, 0.25) is 0 Å². The number of thioether (sulfide) groups is 1. The van der Waals surface area contributed by atoms with Crippen LogP contribution in [-0.4, -0.2) is 18.1 Å². The number of nitrogens with zero attached hydrogens (tertiary/aromatic N) is 1. The Balaban J connectivity index is 2.27. The van der Waals surface area contributed by atoms with Crippen LogP contribution >= 0.6 is 11.8 Å². The van der Waals surface area contributed by atoms with Gasteiger partial charge in [-0.1, -0.05) is 0 Å². The van der Waals surface area contributed by atoms with Crippen molar-refractivity contribution in [3.05, 3.63) is 23.7 Å². The predicted octanol–water partition coefficient (Wildman–Crippen LogP) is 2.38. The van der Waals surface area contributed by atoms with Crippen molar-refractivity contribution in [2.24, 2.45) is 0 Å². The van der Waals surface area contributed by atoms with E-state index in [0.717, 1.165) is 17.9 Å². The lowest BCUT2D eigenvalue weighted by atomic mass is 10.2.